The van der Waals surface area contributed by atoms with E-state index in [0.29, 0.717) is 12.4 Å². The van der Waals surface area contributed by atoms with Crippen molar-refractivity contribution < 1.29 is 4.74 Å². The lowest BCUT2D eigenvalue weighted by Crippen LogP contribution is -1.94. The maximum Gasteiger partial charge on any atom is 0.169 e. The zero-order valence-electron chi connectivity index (χ0n) is 5.03. The lowest BCUT2D eigenvalue weighted by molar-refractivity contribution is 0.334. The van der Waals surface area contributed by atoms with E-state index in [2.05, 4.69) is 21.6 Å². The quantitative estimate of drug-likeness (QED) is 0.559. The number of nitrogens with zero attached hydrogens (tertiary/aromatic N) is 3. The van der Waals surface area contributed by atoms with Crippen LogP contribution in [0.2, 0.25) is 0 Å². The van der Waals surface area contributed by atoms with E-state index in [0.717, 1.165) is 0 Å². The summed E-state index contributed by atoms with van der Waals surface area (Å²) in [6.07, 6.45) is 3.99. The van der Waals surface area contributed by atoms with E-state index in [1.807, 2.05) is 6.92 Å². The summed E-state index contributed by atoms with van der Waals surface area (Å²) in [5.74, 6) is 0.535. The average Bonchev–Trinajstić information content (AvgIpc) is 1.91. The van der Waals surface area contributed by atoms with Crippen LogP contribution in [0.4, 0.5) is 0 Å². The second-order valence-electron chi connectivity index (χ2n) is 1.34. The van der Waals surface area contributed by atoms with Gasteiger partial charge in [0, 0.05) is 0 Å². The summed E-state index contributed by atoms with van der Waals surface area (Å²) in [7, 11) is 0. The minimum atomic E-state index is 0.535. The monoisotopic (exact) mass is 124 g/mol. The Kier molecular flexibility index (Phi) is 1.95. The van der Waals surface area contributed by atoms with Crippen molar-refractivity contribution in [2.75, 3.05) is 6.61 Å². The van der Waals surface area contributed by atoms with Crippen LogP contribution in [-0.2, 0) is 0 Å². The summed E-state index contributed by atoms with van der Waals surface area (Å²) >= 11 is 0. The molecule has 0 fully saturated rings. The van der Waals surface area contributed by atoms with E-state index in [-0.39, 0.29) is 0 Å². The van der Waals surface area contributed by atoms with Gasteiger partial charge in [-0.3, -0.25) is 0 Å². The zero-order chi connectivity index (χ0) is 6.53. The third-order valence-electron chi connectivity index (χ3n) is 0.731. The van der Waals surface area contributed by atoms with Crippen LogP contribution in [0.15, 0.2) is 6.20 Å². The van der Waals surface area contributed by atoms with Gasteiger partial charge in [-0.05, 0) is 12.1 Å². The molecule has 1 aromatic rings. The second-order valence-corrected chi connectivity index (χ2v) is 1.34. The van der Waals surface area contributed by atoms with Crippen LogP contribution >= 0.6 is 0 Å². The zero-order valence-corrected chi connectivity index (χ0v) is 5.03. The Labute approximate surface area is 52.9 Å². The summed E-state index contributed by atoms with van der Waals surface area (Å²) in [5.41, 5.74) is 0. The fourth-order valence-corrected chi connectivity index (χ4v) is 0.430. The molecule has 0 unspecified atom stereocenters. The lowest BCUT2D eigenvalue weighted by Gasteiger charge is -1.96. The molecule has 4 heteroatoms. The van der Waals surface area contributed by atoms with E-state index < -0.39 is 0 Å². The molecular formula is C5H6N3O. The first-order chi connectivity index (χ1) is 4.43. The van der Waals surface area contributed by atoms with Crippen LogP contribution in [0.25, 0.3) is 0 Å². The summed E-state index contributed by atoms with van der Waals surface area (Å²) in [6.45, 7) is 2.48. The van der Waals surface area contributed by atoms with Crippen molar-refractivity contribution >= 4 is 0 Å². The van der Waals surface area contributed by atoms with E-state index in [9.17, 15) is 0 Å². The minimum absolute atomic E-state index is 0.535. The molecule has 4 nitrogen and oxygen atoms in total. The molecule has 0 atom stereocenters. The van der Waals surface area contributed by atoms with Crippen molar-refractivity contribution in [3.63, 3.8) is 0 Å². The molecule has 0 aliphatic carbocycles. The van der Waals surface area contributed by atoms with Crippen LogP contribution in [0.3, 0.4) is 0 Å². The molecule has 0 aromatic carbocycles. The molecule has 0 saturated carbocycles. The van der Waals surface area contributed by atoms with Crippen molar-refractivity contribution in [2.45, 2.75) is 6.92 Å². The molecular weight excluding hydrogens is 118 g/mol. The molecule has 0 amide bonds. The molecule has 1 rings (SSSR count). The Morgan fingerprint density at radius 3 is 3.22 bits per heavy atom. The Morgan fingerprint density at radius 2 is 2.67 bits per heavy atom. The van der Waals surface area contributed by atoms with Crippen LogP contribution in [0.5, 0.6) is 5.75 Å². The van der Waals surface area contributed by atoms with Gasteiger partial charge in [0.25, 0.3) is 0 Å². The molecule has 1 radical (unpaired) electrons. The topological polar surface area (TPSA) is 47.9 Å². The third kappa shape index (κ3) is 1.64. The number of hydrogen-bond donors (Lipinski definition) is 0. The first-order valence-electron chi connectivity index (χ1n) is 2.62. The number of hydrogen-bond acceptors (Lipinski definition) is 4. The molecule has 0 aliphatic heterocycles. The third-order valence-corrected chi connectivity index (χ3v) is 0.731. The van der Waals surface area contributed by atoms with Gasteiger partial charge in [0.15, 0.2) is 11.9 Å². The highest BCUT2D eigenvalue weighted by Crippen LogP contribution is 2.00. The minimum Gasteiger partial charge on any atom is -0.490 e. The van der Waals surface area contributed by atoms with Crippen molar-refractivity contribution in [3.05, 3.63) is 12.4 Å². The van der Waals surface area contributed by atoms with Crippen LogP contribution < -0.4 is 4.74 Å². The molecule has 0 bridgehead atoms. The summed E-state index contributed by atoms with van der Waals surface area (Å²) in [4.78, 5) is 0. The molecule has 0 spiro atoms. The highest BCUT2D eigenvalue weighted by Gasteiger charge is 1.88. The lowest BCUT2D eigenvalue weighted by atomic mass is 10.6. The van der Waals surface area contributed by atoms with Gasteiger partial charge in [-0.15, -0.1) is 10.2 Å². The average molecular weight is 124 g/mol. The molecule has 0 N–H and O–H groups in total. The first kappa shape index (κ1) is 5.94. The van der Waals surface area contributed by atoms with Crippen molar-refractivity contribution in [2.24, 2.45) is 0 Å². The standard InChI is InChI=1S/C5H6N3O/c1-2-9-5-3-6-8-7-4-5/h3H,2H2,1H3. The number of ether oxygens (including phenoxy) is 1. The normalized spacial score (nSPS) is 9.00. The van der Waals surface area contributed by atoms with E-state index in [1.165, 1.54) is 6.20 Å². The molecule has 0 aliphatic rings. The van der Waals surface area contributed by atoms with Gasteiger partial charge >= 0.3 is 0 Å². The number of aromatic nitrogens is 3. The maximum atomic E-state index is 4.99. The first-order valence-corrected chi connectivity index (χ1v) is 2.62. The molecule has 1 heterocycles. The van der Waals surface area contributed by atoms with Crippen LogP contribution in [0, 0.1) is 6.20 Å². The Bertz CT molecular complexity index is 165. The van der Waals surface area contributed by atoms with E-state index >= 15 is 0 Å². The summed E-state index contributed by atoms with van der Waals surface area (Å²) in [6, 6.07) is 0. The highest BCUT2D eigenvalue weighted by atomic mass is 16.5. The highest BCUT2D eigenvalue weighted by molar-refractivity contribution is 5.06. The van der Waals surface area contributed by atoms with Crippen molar-refractivity contribution in [3.8, 4) is 5.75 Å². The van der Waals surface area contributed by atoms with Gasteiger partial charge in [0.2, 0.25) is 0 Å². The predicted octanol–water partition coefficient (Wildman–Crippen LogP) is 0.0705. The van der Waals surface area contributed by atoms with Crippen LogP contribution in [0.1, 0.15) is 6.92 Å². The molecule has 0 saturated heterocycles. The Hall–Kier alpha value is -1.19. The van der Waals surface area contributed by atoms with Gasteiger partial charge in [-0.1, -0.05) is 0 Å². The summed E-state index contributed by atoms with van der Waals surface area (Å²) < 4.78 is 4.99. The van der Waals surface area contributed by atoms with Gasteiger partial charge in [0.05, 0.1) is 12.8 Å². The molecule has 1 aromatic heterocycles. The fourth-order valence-electron chi connectivity index (χ4n) is 0.430. The fraction of sp³-hybridized carbons (Fsp3) is 0.400. The Balaban J connectivity index is 2.61. The van der Waals surface area contributed by atoms with Gasteiger partial charge in [0.1, 0.15) is 0 Å². The van der Waals surface area contributed by atoms with Gasteiger partial charge < -0.3 is 4.74 Å². The van der Waals surface area contributed by atoms with Crippen molar-refractivity contribution in [1.29, 1.82) is 0 Å². The molecule has 9 heavy (non-hydrogen) atoms. The SMILES string of the molecule is CCOc1[c]nnnc1. The van der Waals surface area contributed by atoms with E-state index in [4.69, 9.17) is 4.74 Å². The van der Waals surface area contributed by atoms with Crippen molar-refractivity contribution in [1.82, 2.24) is 15.4 Å². The Morgan fingerprint density at radius 1 is 1.78 bits per heavy atom. The smallest absolute Gasteiger partial charge is 0.169 e. The van der Waals surface area contributed by atoms with Crippen LogP contribution in [-0.4, -0.2) is 22.0 Å². The number of rotatable bonds is 2. The van der Waals surface area contributed by atoms with Gasteiger partial charge in [-0.25, -0.2) is 0 Å². The molecule has 47 valence electrons. The van der Waals surface area contributed by atoms with E-state index in [1.54, 1.807) is 0 Å². The maximum absolute atomic E-state index is 4.99. The largest absolute Gasteiger partial charge is 0.490 e. The van der Waals surface area contributed by atoms with Gasteiger partial charge in [-0.2, -0.15) is 0 Å². The second kappa shape index (κ2) is 2.96. The predicted molar refractivity (Wildman–Crippen MR) is 29.8 cm³/mol. The summed E-state index contributed by atoms with van der Waals surface area (Å²) in [5, 5.41) is 10.2.